The van der Waals surface area contributed by atoms with Crippen LogP contribution in [-0.4, -0.2) is 35.8 Å². The van der Waals surface area contributed by atoms with Crippen LogP contribution in [0.2, 0.25) is 0 Å². The Kier molecular flexibility index (Phi) is 5.81. The van der Waals surface area contributed by atoms with Crippen molar-refractivity contribution in [3.05, 3.63) is 47.3 Å². The number of benzene rings is 1. The van der Waals surface area contributed by atoms with E-state index in [0.29, 0.717) is 13.0 Å². The van der Waals surface area contributed by atoms with E-state index in [2.05, 4.69) is 10.6 Å². The zero-order chi connectivity index (χ0) is 19.4. The number of hydrogen-bond donors (Lipinski definition) is 2. The van der Waals surface area contributed by atoms with Crippen LogP contribution in [0.4, 0.5) is 23.9 Å². The number of carbonyl (C=O) groups excluding carboxylic acids is 2. The summed E-state index contributed by atoms with van der Waals surface area (Å²) in [5.41, 5.74) is -0.747. The Morgan fingerprint density at radius 2 is 2.00 bits per heavy atom. The second kappa shape index (κ2) is 8.10. The third kappa shape index (κ3) is 5.08. The fourth-order valence-corrected chi connectivity index (χ4v) is 3.65. The Hall–Kier alpha value is -2.39. The number of hydrogen-bond acceptors (Lipinski definition) is 4. The molecule has 9 heteroatoms. The van der Waals surface area contributed by atoms with Crippen molar-refractivity contribution in [3.8, 4) is 0 Å². The first-order chi connectivity index (χ1) is 12.8. The maximum Gasteiger partial charge on any atom is 0.416 e. The van der Waals surface area contributed by atoms with Gasteiger partial charge >= 0.3 is 6.18 Å². The number of nitrogens with one attached hydrogen (secondary N) is 2. The smallest absolute Gasteiger partial charge is 0.325 e. The maximum absolute atomic E-state index is 12.8. The van der Waals surface area contributed by atoms with Gasteiger partial charge in [-0.05, 0) is 55.1 Å². The highest BCUT2D eigenvalue weighted by Crippen LogP contribution is 2.30. The van der Waals surface area contributed by atoms with E-state index in [-0.39, 0.29) is 18.1 Å². The molecule has 1 saturated heterocycles. The van der Waals surface area contributed by atoms with Crippen LogP contribution >= 0.6 is 11.3 Å². The van der Waals surface area contributed by atoms with Crippen LogP contribution in [-0.2, 0) is 15.8 Å². The molecule has 0 radical (unpaired) electrons. The zero-order valence-corrected chi connectivity index (χ0v) is 15.1. The molecule has 1 aliphatic heterocycles. The van der Waals surface area contributed by atoms with Crippen LogP contribution in [0.3, 0.4) is 0 Å². The summed E-state index contributed by atoms with van der Waals surface area (Å²) in [6.45, 7) is 0.525. The number of carbonyl (C=O) groups is 2. The lowest BCUT2D eigenvalue weighted by Crippen LogP contribution is -2.43. The first kappa shape index (κ1) is 19.4. The third-order valence-corrected chi connectivity index (χ3v) is 5.04. The molecule has 1 aromatic carbocycles. The Morgan fingerprint density at radius 3 is 2.70 bits per heavy atom. The summed E-state index contributed by atoms with van der Waals surface area (Å²) in [6, 6.07) is 7.67. The van der Waals surface area contributed by atoms with Crippen LogP contribution < -0.4 is 10.6 Å². The van der Waals surface area contributed by atoms with E-state index in [4.69, 9.17) is 0 Å². The Labute approximate surface area is 158 Å². The van der Waals surface area contributed by atoms with E-state index >= 15 is 0 Å². The van der Waals surface area contributed by atoms with Gasteiger partial charge in [0.1, 0.15) is 0 Å². The largest absolute Gasteiger partial charge is 0.416 e. The number of anilines is 2. The zero-order valence-electron chi connectivity index (χ0n) is 14.3. The van der Waals surface area contributed by atoms with E-state index in [1.165, 1.54) is 23.5 Å². The highest BCUT2D eigenvalue weighted by atomic mass is 32.1. The SMILES string of the molecule is O=C(CN1CCC[C@H]1C(=O)Nc1cccs1)Nc1cccc(C(F)(F)F)c1. The number of alkyl halides is 3. The Bertz CT molecular complexity index is 808. The molecule has 1 aliphatic rings. The molecule has 27 heavy (non-hydrogen) atoms. The van der Waals surface area contributed by atoms with Gasteiger partial charge in [-0.2, -0.15) is 13.2 Å². The monoisotopic (exact) mass is 397 g/mol. The Morgan fingerprint density at radius 1 is 1.19 bits per heavy atom. The van der Waals surface area contributed by atoms with Crippen LogP contribution in [0.25, 0.3) is 0 Å². The summed E-state index contributed by atoms with van der Waals surface area (Å²) in [4.78, 5) is 26.4. The molecule has 5 nitrogen and oxygen atoms in total. The second-order valence-electron chi connectivity index (χ2n) is 6.22. The molecule has 0 bridgehead atoms. The van der Waals surface area contributed by atoms with E-state index in [0.717, 1.165) is 23.6 Å². The summed E-state index contributed by atoms with van der Waals surface area (Å²) >= 11 is 1.41. The standard InChI is InChI=1S/C18H18F3N3O2S/c19-18(20,21)12-4-1-5-13(10-12)22-15(25)11-24-8-2-6-14(24)17(26)23-16-7-3-9-27-16/h1,3-5,7,9-10,14H,2,6,8,11H2,(H,22,25)(H,23,26)/t14-/m0/s1. The summed E-state index contributed by atoms with van der Waals surface area (Å²) < 4.78 is 38.3. The first-order valence-corrected chi connectivity index (χ1v) is 9.26. The lowest BCUT2D eigenvalue weighted by atomic mass is 10.2. The number of amides is 2. The average molecular weight is 397 g/mol. The summed E-state index contributed by atoms with van der Waals surface area (Å²) in [6.07, 6.45) is -3.06. The van der Waals surface area contributed by atoms with Crippen molar-refractivity contribution < 1.29 is 22.8 Å². The lowest BCUT2D eigenvalue weighted by Gasteiger charge is -2.22. The molecule has 1 aromatic heterocycles. The summed E-state index contributed by atoms with van der Waals surface area (Å²) in [7, 11) is 0. The number of thiophene rings is 1. The van der Waals surface area contributed by atoms with Crippen molar-refractivity contribution in [2.45, 2.75) is 25.1 Å². The molecule has 3 rings (SSSR count). The molecule has 2 aromatic rings. The van der Waals surface area contributed by atoms with Crippen molar-refractivity contribution >= 4 is 33.8 Å². The average Bonchev–Trinajstić information content (AvgIpc) is 3.26. The van der Waals surface area contributed by atoms with Gasteiger partial charge in [-0.15, -0.1) is 11.3 Å². The maximum atomic E-state index is 12.8. The van der Waals surface area contributed by atoms with E-state index in [1.807, 2.05) is 11.4 Å². The van der Waals surface area contributed by atoms with Crippen molar-refractivity contribution in [2.24, 2.45) is 0 Å². The van der Waals surface area contributed by atoms with Gasteiger partial charge in [0.2, 0.25) is 11.8 Å². The minimum Gasteiger partial charge on any atom is -0.325 e. The fourth-order valence-electron chi connectivity index (χ4n) is 3.02. The van der Waals surface area contributed by atoms with Crippen molar-refractivity contribution in [1.82, 2.24) is 4.90 Å². The quantitative estimate of drug-likeness (QED) is 0.807. The van der Waals surface area contributed by atoms with Crippen molar-refractivity contribution in [2.75, 3.05) is 23.7 Å². The predicted octanol–water partition coefficient (Wildman–Crippen LogP) is 3.81. The second-order valence-corrected chi connectivity index (χ2v) is 7.17. The highest BCUT2D eigenvalue weighted by Gasteiger charge is 2.33. The van der Waals surface area contributed by atoms with Crippen LogP contribution in [0.5, 0.6) is 0 Å². The lowest BCUT2D eigenvalue weighted by molar-refractivity contribution is -0.137. The van der Waals surface area contributed by atoms with Gasteiger partial charge in [0, 0.05) is 5.69 Å². The molecule has 0 spiro atoms. The van der Waals surface area contributed by atoms with Crippen molar-refractivity contribution in [3.63, 3.8) is 0 Å². The van der Waals surface area contributed by atoms with Crippen LogP contribution in [0.1, 0.15) is 18.4 Å². The van der Waals surface area contributed by atoms with Gasteiger partial charge < -0.3 is 10.6 Å². The minimum absolute atomic E-state index is 0.0568. The van der Waals surface area contributed by atoms with Gasteiger partial charge in [0.25, 0.3) is 0 Å². The van der Waals surface area contributed by atoms with Gasteiger partial charge in [-0.1, -0.05) is 6.07 Å². The van der Waals surface area contributed by atoms with Crippen LogP contribution in [0, 0.1) is 0 Å². The number of nitrogens with zero attached hydrogens (tertiary/aromatic N) is 1. The normalized spacial score (nSPS) is 17.7. The van der Waals surface area contributed by atoms with Gasteiger partial charge in [-0.25, -0.2) is 0 Å². The number of halogens is 3. The molecule has 0 unspecified atom stereocenters. The van der Waals surface area contributed by atoms with E-state index in [9.17, 15) is 22.8 Å². The highest BCUT2D eigenvalue weighted by molar-refractivity contribution is 7.14. The predicted molar refractivity (Wildman–Crippen MR) is 97.6 cm³/mol. The molecule has 2 amide bonds. The van der Waals surface area contributed by atoms with Gasteiger partial charge in [-0.3, -0.25) is 14.5 Å². The summed E-state index contributed by atoms with van der Waals surface area (Å²) in [5.74, 6) is -0.632. The molecule has 144 valence electrons. The molecule has 2 heterocycles. The van der Waals surface area contributed by atoms with Crippen molar-refractivity contribution in [1.29, 1.82) is 0 Å². The Balaban J connectivity index is 1.59. The van der Waals surface area contributed by atoms with Gasteiger partial charge in [0.15, 0.2) is 0 Å². The molecule has 1 atom stereocenters. The molecular weight excluding hydrogens is 379 g/mol. The third-order valence-electron chi connectivity index (χ3n) is 4.25. The molecular formula is C18H18F3N3O2S. The van der Waals surface area contributed by atoms with E-state index in [1.54, 1.807) is 11.0 Å². The molecule has 0 saturated carbocycles. The topological polar surface area (TPSA) is 61.4 Å². The number of likely N-dealkylation sites (tertiary alicyclic amines) is 1. The minimum atomic E-state index is -4.47. The van der Waals surface area contributed by atoms with E-state index < -0.39 is 23.7 Å². The number of rotatable bonds is 5. The fraction of sp³-hybridized carbons (Fsp3) is 0.333. The van der Waals surface area contributed by atoms with Crippen LogP contribution in [0.15, 0.2) is 41.8 Å². The van der Waals surface area contributed by atoms with Gasteiger partial charge in [0.05, 0.1) is 23.2 Å². The molecule has 1 fully saturated rings. The molecule has 0 aliphatic carbocycles. The summed E-state index contributed by atoms with van der Waals surface area (Å²) in [5, 5.41) is 7.89. The first-order valence-electron chi connectivity index (χ1n) is 8.38. The molecule has 2 N–H and O–H groups in total.